The third-order valence-corrected chi connectivity index (χ3v) is 3.56. The van der Waals surface area contributed by atoms with E-state index in [0.29, 0.717) is 0 Å². The number of carboxylic acid groups (broad SMARTS) is 1. The predicted molar refractivity (Wildman–Crippen MR) is 74.2 cm³/mol. The molecule has 1 aliphatic rings. The second-order valence-electron chi connectivity index (χ2n) is 5.31. The van der Waals surface area contributed by atoms with Crippen molar-refractivity contribution in [2.24, 2.45) is 0 Å². The summed E-state index contributed by atoms with van der Waals surface area (Å²) in [5, 5.41) is 50.5. The lowest BCUT2D eigenvalue weighted by Gasteiger charge is -2.46. The van der Waals surface area contributed by atoms with E-state index < -0.39 is 61.1 Å². The molecule has 6 N–H and O–H groups in total. The SMILES string of the molecule is CCO[C@]1(C(=O)O)C[C@@H](O)[C@@H](NC(C)=O)C([C@H](O)[C@H](O)CO)O1. The summed E-state index contributed by atoms with van der Waals surface area (Å²) in [6.07, 6.45) is -6.83. The molecule has 1 saturated heterocycles. The lowest BCUT2D eigenvalue weighted by Crippen LogP contribution is -2.67. The zero-order valence-corrected chi connectivity index (χ0v) is 12.9. The van der Waals surface area contributed by atoms with E-state index in [0.717, 1.165) is 0 Å². The van der Waals surface area contributed by atoms with E-state index in [2.05, 4.69) is 5.32 Å². The van der Waals surface area contributed by atoms with Gasteiger partial charge in [-0.2, -0.15) is 0 Å². The Morgan fingerprint density at radius 2 is 2.04 bits per heavy atom. The minimum atomic E-state index is -2.23. The number of carboxylic acids is 1. The third-order valence-electron chi connectivity index (χ3n) is 3.56. The molecule has 10 nitrogen and oxygen atoms in total. The lowest BCUT2D eigenvalue weighted by atomic mass is 9.88. The zero-order chi connectivity index (χ0) is 17.8. The molecule has 1 fully saturated rings. The quantitative estimate of drug-likeness (QED) is 0.287. The summed E-state index contributed by atoms with van der Waals surface area (Å²) in [7, 11) is 0. The van der Waals surface area contributed by atoms with Crippen molar-refractivity contribution in [1.82, 2.24) is 5.32 Å². The Morgan fingerprint density at radius 1 is 1.43 bits per heavy atom. The molecule has 23 heavy (non-hydrogen) atoms. The van der Waals surface area contributed by atoms with E-state index in [-0.39, 0.29) is 6.61 Å². The smallest absolute Gasteiger partial charge is 0.364 e. The highest BCUT2D eigenvalue weighted by Crippen LogP contribution is 2.33. The maximum absolute atomic E-state index is 11.5. The van der Waals surface area contributed by atoms with Crippen LogP contribution in [-0.2, 0) is 19.1 Å². The van der Waals surface area contributed by atoms with Crippen molar-refractivity contribution in [3.8, 4) is 0 Å². The van der Waals surface area contributed by atoms with Crippen LogP contribution >= 0.6 is 0 Å². The number of aliphatic hydroxyl groups is 4. The topological polar surface area (TPSA) is 166 Å². The van der Waals surface area contributed by atoms with Gasteiger partial charge in [-0.15, -0.1) is 0 Å². The van der Waals surface area contributed by atoms with E-state index in [1.807, 2.05) is 0 Å². The van der Waals surface area contributed by atoms with Gasteiger partial charge in [0.25, 0.3) is 5.79 Å². The molecule has 1 aliphatic heterocycles. The van der Waals surface area contributed by atoms with Gasteiger partial charge in [0.2, 0.25) is 5.91 Å². The lowest BCUT2D eigenvalue weighted by molar-refractivity contribution is -0.310. The summed E-state index contributed by atoms with van der Waals surface area (Å²) in [4.78, 5) is 22.8. The largest absolute Gasteiger partial charge is 0.477 e. The first kappa shape index (κ1) is 19.7. The number of carbonyl (C=O) groups excluding carboxylic acids is 1. The van der Waals surface area contributed by atoms with Crippen molar-refractivity contribution >= 4 is 11.9 Å². The number of nitrogens with one attached hydrogen (secondary N) is 1. The molecular formula is C13H23NO9. The number of carbonyl (C=O) groups is 2. The standard InChI is InChI=1S/C13H23NO9/c1-3-22-13(12(20)21)4-7(17)9(14-6(2)16)11(23-13)10(19)8(18)5-15/h7-11,15,17-19H,3-5H2,1-2H3,(H,14,16)(H,20,21)/t7-,8-,9-,10-,11?,13-/m1/s1. The maximum atomic E-state index is 11.5. The van der Waals surface area contributed by atoms with Gasteiger partial charge >= 0.3 is 5.97 Å². The second-order valence-corrected chi connectivity index (χ2v) is 5.31. The first-order valence-corrected chi connectivity index (χ1v) is 7.15. The third kappa shape index (κ3) is 4.37. The first-order valence-electron chi connectivity index (χ1n) is 7.15. The number of hydrogen-bond acceptors (Lipinski definition) is 8. The fourth-order valence-corrected chi connectivity index (χ4v) is 2.51. The van der Waals surface area contributed by atoms with E-state index in [9.17, 15) is 30.0 Å². The van der Waals surface area contributed by atoms with Crippen molar-refractivity contribution in [2.45, 2.75) is 56.5 Å². The fourth-order valence-electron chi connectivity index (χ4n) is 2.51. The number of aliphatic carboxylic acids is 1. The van der Waals surface area contributed by atoms with Crippen LogP contribution in [0.2, 0.25) is 0 Å². The average Bonchev–Trinajstić information content (AvgIpc) is 2.47. The Balaban J connectivity index is 3.17. The van der Waals surface area contributed by atoms with Crippen molar-refractivity contribution < 1.29 is 44.6 Å². The fraction of sp³-hybridized carbons (Fsp3) is 0.846. The van der Waals surface area contributed by atoms with Crippen LogP contribution in [0, 0.1) is 0 Å². The van der Waals surface area contributed by atoms with Crippen LogP contribution in [0.15, 0.2) is 0 Å². The summed E-state index contributed by atoms with van der Waals surface area (Å²) in [5.41, 5.74) is 0. The molecule has 1 heterocycles. The number of amides is 1. The van der Waals surface area contributed by atoms with Crippen molar-refractivity contribution in [3.05, 3.63) is 0 Å². The molecule has 1 amide bonds. The van der Waals surface area contributed by atoms with Crippen LogP contribution in [-0.4, -0.2) is 86.9 Å². The normalized spacial score (nSPS) is 33.7. The minimum Gasteiger partial charge on any atom is -0.477 e. The molecule has 0 aromatic heterocycles. The highest BCUT2D eigenvalue weighted by Gasteiger charge is 2.55. The molecule has 0 bridgehead atoms. The Labute approximate surface area is 132 Å². The molecule has 0 aromatic carbocycles. The average molecular weight is 337 g/mol. The van der Waals surface area contributed by atoms with Gasteiger partial charge in [-0.3, -0.25) is 4.79 Å². The molecule has 1 rings (SSSR count). The van der Waals surface area contributed by atoms with Gasteiger partial charge < -0.3 is 40.3 Å². The second kappa shape index (κ2) is 7.99. The number of hydrogen-bond donors (Lipinski definition) is 6. The van der Waals surface area contributed by atoms with Crippen LogP contribution in [0.3, 0.4) is 0 Å². The molecule has 0 aliphatic carbocycles. The predicted octanol–water partition coefficient (Wildman–Crippen LogP) is -2.83. The van der Waals surface area contributed by atoms with Gasteiger partial charge in [-0.05, 0) is 6.92 Å². The summed E-state index contributed by atoms with van der Waals surface area (Å²) in [6.45, 7) is 1.82. The van der Waals surface area contributed by atoms with Crippen LogP contribution in [0.4, 0.5) is 0 Å². The van der Waals surface area contributed by atoms with Gasteiger partial charge in [-0.25, -0.2) is 4.79 Å². The molecular weight excluding hydrogens is 314 g/mol. The highest BCUT2D eigenvalue weighted by molar-refractivity contribution is 5.76. The van der Waals surface area contributed by atoms with Gasteiger partial charge in [-0.1, -0.05) is 0 Å². The Morgan fingerprint density at radius 3 is 2.48 bits per heavy atom. The molecule has 134 valence electrons. The molecule has 1 unspecified atom stereocenters. The molecule has 10 heteroatoms. The van der Waals surface area contributed by atoms with Gasteiger partial charge in [0.1, 0.15) is 18.3 Å². The van der Waals surface area contributed by atoms with Crippen molar-refractivity contribution in [1.29, 1.82) is 0 Å². The van der Waals surface area contributed by atoms with Crippen molar-refractivity contribution in [2.75, 3.05) is 13.2 Å². The number of ether oxygens (including phenoxy) is 2. The zero-order valence-electron chi connectivity index (χ0n) is 12.9. The number of aliphatic hydroxyl groups excluding tert-OH is 4. The Hall–Kier alpha value is -1.30. The summed E-state index contributed by atoms with van der Waals surface area (Å²) < 4.78 is 10.4. The molecule has 0 radical (unpaired) electrons. The molecule has 6 atom stereocenters. The van der Waals surface area contributed by atoms with Crippen molar-refractivity contribution in [3.63, 3.8) is 0 Å². The van der Waals surface area contributed by atoms with Gasteiger partial charge in [0, 0.05) is 20.0 Å². The van der Waals surface area contributed by atoms with E-state index in [1.54, 1.807) is 0 Å². The van der Waals surface area contributed by atoms with Gasteiger partial charge in [0.05, 0.1) is 18.8 Å². The minimum absolute atomic E-state index is 0.0464. The highest BCUT2D eigenvalue weighted by atomic mass is 16.7. The molecule has 0 saturated carbocycles. The van der Waals surface area contributed by atoms with E-state index in [1.165, 1.54) is 13.8 Å². The van der Waals surface area contributed by atoms with Crippen LogP contribution in [0.1, 0.15) is 20.3 Å². The Kier molecular flexibility index (Phi) is 6.86. The maximum Gasteiger partial charge on any atom is 0.364 e. The summed E-state index contributed by atoms with van der Waals surface area (Å²) >= 11 is 0. The summed E-state index contributed by atoms with van der Waals surface area (Å²) in [6, 6.07) is -1.18. The number of rotatable bonds is 7. The Bertz CT molecular complexity index is 432. The van der Waals surface area contributed by atoms with Gasteiger partial charge in [0.15, 0.2) is 0 Å². The molecule has 0 spiro atoms. The first-order chi connectivity index (χ1) is 10.7. The molecule has 0 aromatic rings. The van der Waals surface area contributed by atoms with E-state index >= 15 is 0 Å². The van der Waals surface area contributed by atoms with Crippen LogP contribution in [0.25, 0.3) is 0 Å². The summed E-state index contributed by atoms with van der Waals surface area (Å²) in [5.74, 6) is -4.30. The van der Waals surface area contributed by atoms with E-state index in [4.69, 9.17) is 14.6 Å². The van der Waals surface area contributed by atoms with Crippen LogP contribution in [0.5, 0.6) is 0 Å². The van der Waals surface area contributed by atoms with Crippen LogP contribution < -0.4 is 5.32 Å². The monoisotopic (exact) mass is 337 g/mol.